The Morgan fingerprint density at radius 3 is 2.24 bits per heavy atom. The standard InChI is InChI=1S/C31H32NO8P/c1-19-23-10-3-2-7-20(23)15-32-16-25-28(29(19)32)30(33)24-11-4-12-26(27(24)31(25)34)40-41(35,38-17-21-8-5-13-36-21)39-18-22-9-6-14-37-22/h2-4,7,10-12,16,19,21-22H,5-6,8-9,13-15,17-18H2,1H3. The lowest BCUT2D eigenvalue weighted by Gasteiger charge is -2.27. The minimum Gasteiger partial charge on any atom is -0.403 e. The first-order valence-electron chi connectivity index (χ1n) is 14.3. The third kappa shape index (κ3) is 4.80. The van der Waals surface area contributed by atoms with Crippen LogP contribution in [-0.2, 0) is 29.6 Å². The zero-order chi connectivity index (χ0) is 28.1. The number of fused-ring (bicyclic) bond motifs is 5. The third-order valence-electron chi connectivity index (χ3n) is 8.46. The Morgan fingerprint density at radius 1 is 0.878 bits per heavy atom. The average molecular weight is 578 g/mol. The van der Waals surface area contributed by atoms with Gasteiger partial charge in [-0.05, 0) is 42.9 Å². The number of nitrogens with zero attached hydrogens (tertiary/aromatic N) is 1. The number of hydrogen-bond donors (Lipinski definition) is 0. The maximum Gasteiger partial charge on any atom is 0.530 e. The van der Waals surface area contributed by atoms with Crippen LogP contribution in [0.15, 0.2) is 48.7 Å². The molecule has 3 aliphatic heterocycles. The predicted octanol–water partition coefficient (Wildman–Crippen LogP) is 5.66. The Hall–Kier alpha value is -3.07. The van der Waals surface area contributed by atoms with Crippen LogP contribution in [-0.4, -0.2) is 54.8 Å². The molecule has 0 saturated carbocycles. The molecule has 3 atom stereocenters. The number of rotatable bonds is 8. The van der Waals surface area contributed by atoms with Crippen LogP contribution in [0.4, 0.5) is 0 Å². The second-order valence-electron chi connectivity index (χ2n) is 11.1. The fraction of sp³-hybridized carbons (Fsp3) is 0.419. The first-order chi connectivity index (χ1) is 19.9. The van der Waals surface area contributed by atoms with Gasteiger partial charge in [0, 0.05) is 43.1 Å². The molecule has 1 aromatic heterocycles. The summed E-state index contributed by atoms with van der Waals surface area (Å²) < 4.78 is 44.7. The highest BCUT2D eigenvalue weighted by molar-refractivity contribution is 7.48. The first kappa shape index (κ1) is 26.8. The quantitative estimate of drug-likeness (QED) is 0.248. The Kier molecular flexibility index (Phi) is 6.96. The topological polar surface area (TPSA) is 102 Å². The second kappa shape index (κ2) is 10.6. The van der Waals surface area contributed by atoms with Crippen molar-refractivity contribution in [2.75, 3.05) is 26.4 Å². The van der Waals surface area contributed by atoms with Crippen molar-refractivity contribution in [3.63, 3.8) is 0 Å². The molecule has 2 fully saturated rings. The van der Waals surface area contributed by atoms with Gasteiger partial charge in [-0.25, -0.2) is 4.57 Å². The molecule has 0 N–H and O–H groups in total. The molecule has 214 valence electrons. The summed E-state index contributed by atoms with van der Waals surface area (Å²) in [7, 11) is -4.21. The van der Waals surface area contributed by atoms with E-state index < -0.39 is 7.82 Å². The number of phosphoric ester groups is 1. The minimum absolute atomic E-state index is 0.00461. The van der Waals surface area contributed by atoms with Gasteiger partial charge in [0.05, 0.1) is 42.1 Å². The highest BCUT2D eigenvalue weighted by atomic mass is 31.2. The summed E-state index contributed by atoms with van der Waals surface area (Å²) >= 11 is 0. The van der Waals surface area contributed by atoms with E-state index in [0.29, 0.717) is 30.9 Å². The van der Waals surface area contributed by atoms with Crippen LogP contribution in [0.1, 0.15) is 87.2 Å². The van der Waals surface area contributed by atoms with Crippen molar-refractivity contribution >= 4 is 19.4 Å². The molecular formula is C31H32NO8P. The largest absolute Gasteiger partial charge is 0.530 e. The smallest absolute Gasteiger partial charge is 0.403 e. The molecule has 2 saturated heterocycles. The zero-order valence-corrected chi connectivity index (χ0v) is 23.8. The van der Waals surface area contributed by atoms with E-state index in [9.17, 15) is 14.2 Å². The molecule has 0 spiro atoms. The van der Waals surface area contributed by atoms with Gasteiger partial charge in [-0.2, -0.15) is 0 Å². The van der Waals surface area contributed by atoms with Gasteiger partial charge in [-0.1, -0.05) is 43.3 Å². The minimum atomic E-state index is -4.21. The number of ketones is 2. The van der Waals surface area contributed by atoms with E-state index in [1.807, 2.05) is 16.7 Å². The molecule has 0 radical (unpaired) electrons. The highest BCUT2D eigenvalue weighted by Gasteiger charge is 2.41. The summed E-state index contributed by atoms with van der Waals surface area (Å²) in [4.78, 5) is 28.0. The summed E-state index contributed by atoms with van der Waals surface area (Å²) in [5.41, 5.74) is 4.17. The van der Waals surface area contributed by atoms with Crippen molar-refractivity contribution in [1.82, 2.24) is 4.57 Å². The molecule has 2 aromatic carbocycles. The van der Waals surface area contributed by atoms with Crippen LogP contribution >= 0.6 is 7.82 Å². The van der Waals surface area contributed by atoms with Gasteiger partial charge in [-0.3, -0.25) is 18.6 Å². The third-order valence-corrected chi connectivity index (χ3v) is 9.81. The molecule has 41 heavy (non-hydrogen) atoms. The summed E-state index contributed by atoms with van der Waals surface area (Å²) in [6.45, 7) is 3.92. The fourth-order valence-electron chi connectivity index (χ4n) is 6.42. The average Bonchev–Trinajstić information content (AvgIpc) is 3.76. The van der Waals surface area contributed by atoms with E-state index in [0.717, 1.165) is 42.5 Å². The SMILES string of the molecule is CC1c2ccccc2Cn2cc3c(c21)C(=O)c1cccc(OP(=O)(OCC2CCCO2)OCC2CCCO2)c1C3=O. The van der Waals surface area contributed by atoms with Gasteiger partial charge in [-0.15, -0.1) is 0 Å². The fourth-order valence-corrected chi connectivity index (χ4v) is 7.69. The van der Waals surface area contributed by atoms with Gasteiger partial charge < -0.3 is 18.6 Å². The predicted molar refractivity (Wildman–Crippen MR) is 149 cm³/mol. The van der Waals surface area contributed by atoms with E-state index in [4.69, 9.17) is 23.0 Å². The molecule has 9 nitrogen and oxygen atoms in total. The summed E-state index contributed by atoms with van der Waals surface area (Å²) in [5, 5.41) is 0. The van der Waals surface area contributed by atoms with E-state index >= 15 is 0 Å². The number of benzene rings is 2. The van der Waals surface area contributed by atoms with Crippen molar-refractivity contribution in [2.24, 2.45) is 0 Å². The molecule has 1 aliphatic carbocycles. The van der Waals surface area contributed by atoms with Gasteiger partial charge in [0.1, 0.15) is 5.75 Å². The maximum absolute atomic E-state index is 14.0. The van der Waals surface area contributed by atoms with Crippen molar-refractivity contribution < 1.29 is 37.2 Å². The van der Waals surface area contributed by atoms with Crippen LogP contribution in [0.2, 0.25) is 0 Å². The molecule has 7 rings (SSSR count). The molecule has 0 amide bonds. The van der Waals surface area contributed by atoms with Crippen LogP contribution in [0.5, 0.6) is 5.75 Å². The second-order valence-corrected chi connectivity index (χ2v) is 12.7. The monoisotopic (exact) mass is 577 g/mol. The van der Waals surface area contributed by atoms with Crippen LogP contribution in [0.3, 0.4) is 0 Å². The first-order valence-corrected chi connectivity index (χ1v) is 15.7. The van der Waals surface area contributed by atoms with Crippen LogP contribution in [0, 0.1) is 0 Å². The lowest BCUT2D eigenvalue weighted by molar-refractivity contribution is 0.0293. The summed E-state index contributed by atoms with van der Waals surface area (Å²) in [6, 6.07) is 12.9. The van der Waals surface area contributed by atoms with Gasteiger partial charge >= 0.3 is 7.82 Å². The lowest BCUT2D eigenvalue weighted by Crippen LogP contribution is -2.24. The maximum atomic E-state index is 14.0. The summed E-state index contributed by atoms with van der Waals surface area (Å²) in [6.07, 6.45) is 4.69. The zero-order valence-electron chi connectivity index (χ0n) is 22.9. The highest BCUT2D eigenvalue weighted by Crippen LogP contribution is 2.52. The van der Waals surface area contributed by atoms with Crippen molar-refractivity contribution in [3.8, 4) is 5.75 Å². The van der Waals surface area contributed by atoms with E-state index in [1.165, 1.54) is 6.07 Å². The van der Waals surface area contributed by atoms with E-state index in [2.05, 4.69) is 19.1 Å². The lowest BCUT2D eigenvalue weighted by atomic mass is 9.81. The molecule has 4 heterocycles. The van der Waals surface area contributed by atoms with Gasteiger partial charge in [0.25, 0.3) is 0 Å². The normalized spacial score (nSPS) is 24.4. The van der Waals surface area contributed by atoms with Gasteiger partial charge in [0.15, 0.2) is 11.6 Å². The Morgan fingerprint density at radius 2 is 1.56 bits per heavy atom. The Bertz CT molecular complexity index is 1540. The Balaban J connectivity index is 1.22. The number of ether oxygens (including phenoxy) is 2. The van der Waals surface area contributed by atoms with Crippen molar-refractivity contribution in [2.45, 2.75) is 57.3 Å². The van der Waals surface area contributed by atoms with Crippen LogP contribution < -0.4 is 4.52 Å². The molecule has 4 aliphatic rings. The van der Waals surface area contributed by atoms with Crippen molar-refractivity contribution in [3.05, 3.63) is 87.7 Å². The number of phosphoric acid groups is 1. The van der Waals surface area contributed by atoms with E-state index in [-0.39, 0.29) is 59.8 Å². The molecule has 0 bridgehead atoms. The summed E-state index contributed by atoms with van der Waals surface area (Å²) in [5.74, 6) is -0.669. The number of aromatic nitrogens is 1. The number of carbonyl (C=O) groups is 2. The molecule has 3 aromatic rings. The number of carbonyl (C=O) groups excluding carboxylic acids is 2. The van der Waals surface area contributed by atoms with Gasteiger partial charge in [0.2, 0.25) is 0 Å². The number of hydrogen-bond acceptors (Lipinski definition) is 8. The van der Waals surface area contributed by atoms with Crippen molar-refractivity contribution in [1.29, 1.82) is 0 Å². The molecular weight excluding hydrogens is 545 g/mol. The van der Waals surface area contributed by atoms with Crippen LogP contribution in [0.25, 0.3) is 0 Å². The molecule has 10 heteroatoms. The van der Waals surface area contributed by atoms with E-state index in [1.54, 1.807) is 18.3 Å². The Labute approximate surface area is 238 Å². The molecule has 3 unspecified atom stereocenters.